The van der Waals surface area contributed by atoms with Crippen molar-refractivity contribution >= 4 is 6.03 Å². The van der Waals surface area contributed by atoms with Gasteiger partial charge in [0.1, 0.15) is 0 Å². The van der Waals surface area contributed by atoms with Crippen LogP contribution in [-0.4, -0.2) is 24.8 Å². The van der Waals surface area contributed by atoms with E-state index in [2.05, 4.69) is 10.6 Å². The molecular weight excluding hydrogens is 209 g/mol. The van der Waals surface area contributed by atoms with Crippen LogP contribution in [0.3, 0.4) is 0 Å². The third-order valence-electron chi connectivity index (χ3n) is 1.59. The molecule has 0 aromatic carbocycles. The molecule has 3 nitrogen and oxygen atoms in total. The molecule has 0 aromatic heterocycles. The van der Waals surface area contributed by atoms with Crippen molar-refractivity contribution in [1.82, 2.24) is 10.6 Å². The smallest absolute Gasteiger partial charge is 0.338 e. The number of hydrogen-bond donors (Lipinski definition) is 2. The standard InChI is InChI=1S/C9H17F3N2O/c1-7(2)14-8(15)13-6-4-3-5-9(10,11)12/h7H,3-6H2,1-2H3,(H2,13,14,15). The van der Waals surface area contributed by atoms with E-state index in [1.807, 2.05) is 13.8 Å². The van der Waals surface area contributed by atoms with Crippen LogP contribution in [0.25, 0.3) is 0 Å². The van der Waals surface area contributed by atoms with Crippen molar-refractivity contribution in [2.75, 3.05) is 6.54 Å². The van der Waals surface area contributed by atoms with Gasteiger partial charge in [-0.15, -0.1) is 0 Å². The quantitative estimate of drug-likeness (QED) is 0.694. The molecule has 0 rings (SSSR count). The van der Waals surface area contributed by atoms with Crippen molar-refractivity contribution in [2.24, 2.45) is 0 Å². The fourth-order valence-electron chi connectivity index (χ4n) is 0.966. The van der Waals surface area contributed by atoms with Crippen molar-refractivity contribution in [3.05, 3.63) is 0 Å². The Kier molecular flexibility index (Phi) is 6.12. The first-order valence-electron chi connectivity index (χ1n) is 4.92. The summed E-state index contributed by atoms with van der Waals surface area (Å²) >= 11 is 0. The number of nitrogens with one attached hydrogen (secondary N) is 2. The number of urea groups is 1. The summed E-state index contributed by atoms with van der Waals surface area (Å²) in [6.07, 6.45) is -4.50. The number of hydrogen-bond acceptors (Lipinski definition) is 1. The van der Waals surface area contributed by atoms with Gasteiger partial charge in [0, 0.05) is 19.0 Å². The van der Waals surface area contributed by atoms with Crippen LogP contribution in [0.5, 0.6) is 0 Å². The van der Waals surface area contributed by atoms with Crippen molar-refractivity contribution in [3.63, 3.8) is 0 Å². The summed E-state index contributed by atoms with van der Waals surface area (Å²) in [5.41, 5.74) is 0. The van der Waals surface area contributed by atoms with E-state index in [1.54, 1.807) is 0 Å². The van der Waals surface area contributed by atoms with Gasteiger partial charge in [-0.2, -0.15) is 13.2 Å². The molecule has 0 radical (unpaired) electrons. The highest BCUT2D eigenvalue weighted by Gasteiger charge is 2.25. The molecule has 2 amide bonds. The third kappa shape index (κ3) is 11.0. The Bertz CT molecular complexity index is 192. The van der Waals surface area contributed by atoms with E-state index in [1.165, 1.54) is 0 Å². The van der Waals surface area contributed by atoms with Crippen LogP contribution < -0.4 is 10.6 Å². The lowest BCUT2D eigenvalue weighted by Gasteiger charge is -2.10. The van der Waals surface area contributed by atoms with Crippen molar-refractivity contribution < 1.29 is 18.0 Å². The van der Waals surface area contributed by atoms with E-state index in [4.69, 9.17) is 0 Å². The second kappa shape index (κ2) is 6.53. The average molecular weight is 226 g/mol. The zero-order valence-electron chi connectivity index (χ0n) is 8.95. The first-order valence-corrected chi connectivity index (χ1v) is 4.92. The predicted octanol–water partition coefficient (Wildman–Crippen LogP) is 2.43. The molecule has 0 atom stereocenters. The average Bonchev–Trinajstić information content (AvgIpc) is 1.99. The predicted molar refractivity (Wildman–Crippen MR) is 51.6 cm³/mol. The molecule has 0 aromatic rings. The highest BCUT2D eigenvalue weighted by molar-refractivity contribution is 5.73. The SMILES string of the molecule is CC(C)NC(=O)NCCCCC(F)(F)F. The van der Waals surface area contributed by atoms with Gasteiger partial charge in [-0.1, -0.05) is 0 Å². The Balaban J connectivity index is 3.35. The fraction of sp³-hybridized carbons (Fsp3) is 0.889. The highest BCUT2D eigenvalue weighted by Crippen LogP contribution is 2.21. The summed E-state index contributed by atoms with van der Waals surface area (Å²) in [6, 6.07) is -0.308. The normalized spacial score (nSPS) is 11.6. The Morgan fingerprint density at radius 3 is 2.33 bits per heavy atom. The molecule has 0 fully saturated rings. The number of rotatable bonds is 5. The molecule has 0 saturated carbocycles. The van der Waals surface area contributed by atoms with Gasteiger partial charge in [0.2, 0.25) is 0 Å². The van der Waals surface area contributed by atoms with E-state index in [0.29, 0.717) is 6.42 Å². The Morgan fingerprint density at radius 2 is 1.87 bits per heavy atom. The molecule has 0 heterocycles. The second-order valence-corrected chi connectivity index (χ2v) is 3.63. The minimum atomic E-state index is -4.10. The minimum Gasteiger partial charge on any atom is -0.338 e. The van der Waals surface area contributed by atoms with E-state index < -0.39 is 12.6 Å². The zero-order chi connectivity index (χ0) is 11.9. The molecule has 6 heteroatoms. The van der Waals surface area contributed by atoms with Crippen LogP contribution in [0.2, 0.25) is 0 Å². The second-order valence-electron chi connectivity index (χ2n) is 3.63. The highest BCUT2D eigenvalue weighted by atomic mass is 19.4. The number of halogens is 3. The summed E-state index contributed by atoms with van der Waals surface area (Å²) in [5, 5.41) is 5.06. The largest absolute Gasteiger partial charge is 0.389 e. The Hall–Kier alpha value is -0.940. The molecule has 0 unspecified atom stereocenters. The summed E-state index contributed by atoms with van der Waals surface area (Å²) in [5.74, 6) is 0. The molecule has 0 aliphatic rings. The monoisotopic (exact) mass is 226 g/mol. The number of unbranched alkanes of at least 4 members (excludes halogenated alkanes) is 1. The maximum Gasteiger partial charge on any atom is 0.389 e. The Labute approximate surface area is 87.4 Å². The van der Waals surface area contributed by atoms with Crippen LogP contribution in [0, 0.1) is 0 Å². The van der Waals surface area contributed by atoms with Crippen LogP contribution in [0.4, 0.5) is 18.0 Å². The molecular formula is C9H17F3N2O. The van der Waals surface area contributed by atoms with Gasteiger partial charge < -0.3 is 10.6 Å². The van der Waals surface area contributed by atoms with Gasteiger partial charge >= 0.3 is 12.2 Å². The van der Waals surface area contributed by atoms with Gasteiger partial charge in [0.05, 0.1) is 0 Å². The Morgan fingerprint density at radius 1 is 1.27 bits per heavy atom. The molecule has 0 saturated heterocycles. The lowest BCUT2D eigenvalue weighted by atomic mass is 10.2. The van der Waals surface area contributed by atoms with Gasteiger partial charge in [-0.3, -0.25) is 0 Å². The molecule has 90 valence electrons. The third-order valence-corrected chi connectivity index (χ3v) is 1.59. The molecule has 0 aliphatic carbocycles. The maximum atomic E-state index is 11.7. The van der Waals surface area contributed by atoms with Crippen molar-refractivity contribution in [3.8, 4) is 0 Å². The number of carbonyl (C=O) groups excluding carboxylic acids is 1. The summed E-state index contributed by atoms with van der Waals surface area (Å²) in [4.78, 5) is 11.0. The molecule has 2 N–H and O–H groups in total. The van der Waals surface area contributed by atoms with Crippen LogP contribution in [0.15, 0.2) is 0 Å². The van der Waals surface area contributed by atoms with Gasteiger partial charge in [-0.05, 0) is 26.7 Å². The van der Waals surface area contributed by atoms with Crippen LogP contribution >= 0.6 is 0 Å². The molecule has 0 bridgehead atoms. The van der Waals surface area contributed by atoms with E-state index >= 15 is 0 Å². The van der Waals surface area contributed by atoms with Crippen LogP contribution in [-0.2, 0) is 0 Å². The maximum absolute atomic E-state index is 11.7. The molecule has 0 aliphatic heterocycles. The van der Waals surface area contributed by atoms with Gasteiger partial charge in [-0.25, -0.2) is 4.79 Å². The number of carbonyl (C=O) groups is 1. The lowest BCUT2D eigenvalue weighted by molar-refractivity contribution is -0.135. The lowest BCUT2D eigenvalue weighted by Crippen LogP contribution is -2.39. The zero-order valence-corrected chi connectivity index (χ0v) is 8.95. The number of amides is 2. The minimum absolute atomic E-state index is 0.0279. The van der Waals surface area contributed by atoms with E-state index in [9.17, 15) is 18.0 Å². The summed E-state index contributed by atoms with van der Waals surface area (Å²) in [7, 11) is 0. The van der Waals surface area contributed by atoms with Crippen molar-refractivity contribution in [2.45, 2.75) is 45.3 Å². The van der Waals surface area contributed by atoms with E-state index in [0.717, 1.165) is 0 Å². The number of alkyl halides is 3. The fourth-order valence-corrected chi connectivity index (χ4v) is 0.966. The first-order chi connectivity index (χ1) is 6.81. The summed E-state index contributed by atoms with van der Waals surface area (Å²) < 4.78 is 35.1. The van der Waals surface area contributed by atoms with Gasteiger partial charge in [0.15, 0.2) is 0 Å². The first kappa shape index (κ1) is 14.1. The topological polar surface area (TPSA) is 41.1 Å². The van der Waals surface area contributed by atoms with Crippen molar-refractivity contribution in [1.29, 1.82) is 0 Å². The summed E-state index contributed by atoms with van der Waals surface area (Å²) in [6.45, 7) is 3.89. The molecule has 0 spiro atoms. The van der Waals surface area contributed by atoms with E-state index in [-0.39, 0.29) is 25.0 Å². The van der Waals surface area contributed by atoms with Crippen LogP contribution in [0.1, 0.15) is 33.1 Å². The van der Waals surface area contributed by atoms with Gasteiger partial charge in [0.25, 0.3) is 0 Å². The molecule has 15 heavy (non-hydrogen) atoms.